The summed E-state index contributed by atoms with van der Waals surface area (Å²) in [6.07, 6.45) is 0.960. The minimum Gasteiger partial charge on any atom is -0.383 e. The van der Waals surface area contributed by atoms with Gasteiger partial charge in [-0.1, -0.05) is 30.3 Å². The largest absolute Gasteiger partial charge is 0.383 e. The average Bonchev–Trinajstić information content (AvgIpc) is 3.09. The van der Waals surface area contributed by atoms with Crippen LogP contribution in [0.25, 0.3) is 11.3 Å². The van der Waals surface area contributed by atoms with Gasteiger partial charge in [-0.25, -0.2) is 4.79 Å². The normalized spacial score (nSPS) is 17.2. The maximum Gasteiger partial charge on any atom is 0.319 e. The van der Waals surface area contributed by atoms with Crippen molar-refractivity contribution in [1.29, 1.82) is 0 Å². The third-order valence-electron chi connectivity index (χ3n) is 4.62. The fourth-order valence-corrected chi connectivity index (χ4v) is 3.18. The molecule has 2 aromatic rings. The Morgan fingerprint density at radius 3 is 2.81 bits per heavy atom. The number of nitrogens with zero attached hydrogens (tertiary/aromatic N) is 2. The van der Waals surface area contributed by atoms with Crippen molar-refractivity contribution in [3.05, 3.63) is 48.2 Å². The van der Waals surface area contributed by atoms with Gasteiger partial charge in [0, 0.05) is 38.3 Å². The highest BCUT2D eigenvalue weighted by Gasteiger charge is 2.23. The molecule has 2 amide bonds. The Balaban J connectivity index is 1.55. The van der Waals surface area contributed by atoms with E-state index in [1.807, 2.05) is 49.4 Å². The molecule has 0 saturated carbocycles. The Bertz CT molecular complexity index is 736. The van der Waals surface area contributed by atoms with E-state index in [0.29, 0.717) is 0 Å². The molecular weight excluding hydrogens is 328 g/mol. The van der Waals surface area contributed by atoms with E-state index in [1.165, 1.54) is 0 Å². The van der Waals surface area contributed by atoms with Crippen LogP contribution in [0.3, 0.4) is 0 Å². The number of anilines is 1. The van der Waals surface area contributed by atoms with E-state index >= 15 is 0 Å². The second-order valence-electron chi connectivity index (χ2n) is 6.57. The molecule has 6 nitrogen and oxygen atoms in total. The van der Waals surface area contributed by atoms with Gasteiger partial charge in [-0.2, -0.15) is 0 Å². The molecule has 2 N–H and O–H groups in total. The molecule has 0 bridgehead atoms. The maximum absolute atomic E-state index is 12.3. The summed E-state index contributed by atoms with van der Waals surface area (Å²) in [6, 6.07) is 13.8. The number of carbonyl (C=O) groups excluding carboxylic acids is 1. The van der Waals surface area contributed by atoms with Gasteiger partial charge in [0.15, 0.2) is 0 Å². The van der Waals surface area contributed by atoms with Gasteiger partial charge >= 0.3 is 6.03 Å². The quantitative estimate of drug-likeness (QED) is 0.837. The van der Waals surface area contributed by atoms with Crippen molar-refractivity contribution in [2.24, 2.45) is 0 Å². The number of amides is 2. The monoisotopic (exact) mass is 354 g/mol. The van der Waals surface area contributed by atoms with Crippen LogP contribution in [0.1, 0.15) is 12.1 Å². The molecule has 2 heterocycles. The lowest BCUT2D eigenvalue weighted by Gasteiger charge is -2.17. The summed E-state index contributed by atoms with van der Waals surface area (Å²) >= 11 is 0. The number of hydrogen-bond acceptors (Lipinski definition) is 4. The number of methoxy groups -OCH3 is 1. The molecule has 1 atom stereocenters. The summed E-state index contributed by atoms with van der Waals surface area (Å²) < 4.78 is 5.11. The number of aryl methyl sites for hydroxylation is 1. The van der Waals surface area contributed by atoms with E-state index in [-0.39, 0.29) is 12.1 Å². The lowest BCUT2D eigenvalue weighted by Crippen LogP contribution is -2.40. The summed E-state index contributed by atoms with van der Waals surface area (Å²) in [6.45, 7) is 5.38. The SMILES string of the molecule is COCCN1CCC(NC(=O)Nc2ccc(-c3ccccc3)nc2C)C1. The first kappa shape index (κ1) is 18.4. The number of urea groups is 1. The predicted molar refractivity (Wildman–Crippen MR) is 103 cm³/mol. The molecule has 1 aromatic heterocycles. The molecule has 6 heteroatoms. The van der Waals surface area contributed by atoms with E-state index in [1.54, 1.807) is 7.11 Å². The standard InChI is InChI=1S/C20H26N4O2/c1-15-18(8-9-19(21-15)16-6-4-3-5-7-16)23-20(25)22-17-10-11-24(14-17)12-13-26-2/h3-9,17H,10-14H2,1-2H3,(H2,22,23,25). The summed E-state index contributed by atoms with van der Waals surface area (Å²) in [5.74, 6) is 0. The minimum absolute atomic E-state index is 0.170. The van der Waals surface area contributed by atoms with Crippen LogP contribution in [0.5, 0.6) is 0 Å². The zero-order valence-corrected chi connectivity index (χ0v) is 15.4. The molecule has 138 valence electrons. The van der Waals surface area contributed by atoms with Gasteiger partial charge in [-0.15, -0.1) is 0 Å². The summed E-state index contributed by atoms with van der Waals surface area (Å²) in [5, 5.41) is 5.96. The zero-order chi connectivity index (χ0) is 18.4. The van der Waals surface area contributed by atoms with Crippen LogP contribution in [0.15, 0.2) is 42.5 Å². The van der Waals surface area contributed by atoms with E-state index in [9.17, 15) is 4.79 Å². The second kappa shape index (κ2) is 8.78. The van der Waals surface area contributed by atoms with Gasteiger partial charge < -0.3 is 15.4 Å². The molecule has 1 aliphatic rings. The Morgan fingerprint density at radius 1 is 1.27 bits per heavy atom. The first-order chi connectivity index (χ1) is 12.7. The fraction of sp³-hybridized carbons (Fsp3) is 0.400. The number of likely N-dealkylation sites (tertiary alicyclic amines) is 1. The first-order valence-corrected chi connectivity index (χ1v) is 8.97. The fourth-order valence-electron chi connectivity index (χ4n) is 3.18. The number of benzene rings is 1. The summed E-state index contributed by atoms with van der Waals surface area (Å²) in [7, 11) is 1.71. The molecule has 0 aliphatic carbocycles. The first-order valence-electron chi connectivity index (χ1n) is 8.97. The number of nitrogens with one attached hydrogen (secondary N) is 2. The van der Waals surface area contributed by atoms with E-state index in [2.05, 4.69) is 20.5 Å². The number of aromatic nitrogens is 1. The Kier molecular flexibility index (Phi) is 6.20. The van der Waals surface area contributed by atoms with Crippen LogP contribution in [0.2, 0.25) is 0 Å². The molecular formula is C20H26N4O2. The molecule has 1 fully saturated rings. The molecule has 1 aliphatic heterocycles. The Morgan fingerprint density at radius 2 is 2.08 bits per heavy atom. The average molecular weight is 354 g/mol. The second-order valence-corrected chi connectivity index (χ2v) is 6.57. The third kappa shape index (κ3) is 4.80. The van der Waals surface area contributed by atoms with Crippen molar-refractivity contribution in [3.63, 3.8) is 0 Å². The van der Waals surface area contributed by atoms with Crippen LogP contribution in [-0.2, 0) is 4.74 Å². The lowest BCUT2D eigenvalue weighted by atomic mass is 10.1. The van der Waals surface area contributed by atoms with Gasteiger partial charge in [0.05, 0.1) is 23.7 Å². The van der Waals surface area contributed by atoms with Gasteiger partial charge in [0.25, 0.3) is 0 Å². The lowest BCUT2D eigenvalue weighted by molar-refractivity contribution is 0.160. The number of rotatable bonds is 6. The van der Waals surface area contributed by atoms with Gasteiger partial charge in [0.1, 0.15) is 0 Å². The molecule has 1 unspecified atom stereocenters. The maximum atomic E-state index is 12.3. The van der Waals surface area contributed by atoms with E-state index in [4.69, 9.17) is 4.74 Å². The van der Waals surface area contributed by atoms with Gasteiger partial charge in [-0.05, 0) is 25.5 Å². The van der Waals surface area contributed by atoms with Crippen molar-refractivity contribution in [2.45, 2.75) is 19.4 Å². The highest BCUT2D eigenvalue weighted by Crippen LogP contribution is 2.21. The molecule has 0 radical (unpaired) electrons. The summed E-state index contributed by atoms with van der Waals surface area (Å²) in [5.41, 5.74) is 3.50. The number of carbonyl (C=O) groups is 1. The highest BCUT2D eigenvalue weighted by atomic mass is 16.5. The van der Waals surface area contributed by atoms with Crippen molar-refractivity contribution in [1.82, 2.24) is 15.2 Å². The zero-order valence-electron chi connectivity index (χ0n) is 15.4. The third-order valence-corrected chi connectivity index (χ3v) is 4.62. The number of ether oxygens (including phenoxy) is 1. The van der Waals surface area contributed by atoms with Crippen molar-refractivity contribution in [2.75, 3.05) is 38.7 Å². The Hall–Kier alpha value is -2.44. The highest BCUT2D eigenvalue weighted by molar-refractivity contribution is 5.90. The van der Waals surface area contributed by atoms with Crippen LogP contribution >= 0.6 is 0 Å². The molecule has 0 spiro atoms. The van der Waals surface area contributed by atoms with E-state index < -0.39 is 0 Å². The smallest absolute Gasteiger partial charge is 0.319 e. The van der Waals surface area contributed by atoms with Crippen LogP contribution in [-0.4, -0.2) is 55.3 Å². The Labute approximate surface area is 154 Å². The number of pyridine rings is 1. The minimum atomic E-state index is -0.180. The van der Waals surface area contributed by atoms with E-state index in [0.717, 1.165) is 55.3 Å². The van der Waals surface area contributed by atoms with Crippen LogP contribution < -0.4 is 10.6 Å². The van der Waals surface area contributed by atoms with Gasteiger partial charge in [-0.3, -0.25) is 9.88 Å². The van der Waals surface area contributed by atoms with Crippen molar-refractivity contribution < 1.29 is 9.53 Å². The molecule has 26 heavy (non-hydrogen) atoms. The van der Waals surface area contributed by atoms with Crippen LogP contribution in [0.4, 0.5) is 10.5 Å². The molecule has 1 saturated heterocycles. The summed E-state index contributed by atoms with van der Waals surface area (Å²) in [4.78, 5) is 19.2. The van der Waals surface area contributed by atoms with Crippen LogP contribution in [0, 0.1) is 6.92 Å². The van der Waals surface area contributed by atoms with Crippen molar-refractivity contribution in [3.8, 4) is 11.3 Å². The number of hydrogen-bond donors (Lipinski definition) is 2. The predicted octanol–water partition coefficient (Wildman–Crippen LogP) is 2.90. The van der Waals surface area contributed by atoms with Gasteiger partial charge in [0.2, 0.25) is 0 Å². The van der Waals surface area contributed by atoms with Crippen molar-refractivity contribution >= 4 is 11.7 Å². The topological polar surface area (TPSA) is 66.5 Å². The molecule has 1 aromatic carbocycles. The molecule has 3 rings (SSSR count).